The average Bonchev–Trinajstić information content (AvgIpc) is 2.36. The Labute approximate surface area is 116 Å². The minimum atomic E-state index is 0.174. The number of benzene rings is 1. The van der Waals surface area contributed by atoms with Crippen LogP contribution in [0.1, 0.15) is 32.4 Å². The smallest absolute Gasteiger partial charge is 0.0292 e. The summed E-state index contributed by atoms with van der Waals surface area (Å²) in [6, 6.07) is 9.20. The van der Waals surface area contributed by atoms with Gasteiger partial charge in [0.05, 0.1) is 0 Å². The van der Waals surface area contributed by atoms with E-state index in [4.69, 9.17) is 0 Å². The van der Waals surface area contributed by atoms with Crippen LogP contribution in [0.2, 0.25) is 0 Å². The molecule has 0 aliphatic carbocycles. The molecule has 102 valence electrons. The number of hydrogen-bond acceptors (Lipinski definition) is 3. The Balaban J connectivity index is 2.57. The Hall–Kier alpha value is -0.510. The lowest BCUT2D eigenvalue weighted by Crippen LogP contribution is -2.47. The molecule has 0 saturated carbocycles. The van der Waals surface area contributed by atoms with Crippen LogP contribution in [0.25, 0.3) is 0 Å². The average molecular weight is 266 g/mol. The zero-order valence-electron chi connectivity index (χ0n) is 12.4. The molecule has 1 N–H and O–H groups in total. The van der Waals surface area contributed by atoms with Gasteiger partial charge < -0.3 is 10.2 Å². The van der Waals surface area contributed by atoms with Crippen molar-refractivity contribution in [1.29, 1.82) is 0 Å². The zero-order chi connectivity index (χ0) is 13.8. The van der Waals surface area contributed by atoms with E-state index < -0.39 is 0 Å². The molecule has 0 aliphatic rings. The first-order chi connectivity index (χ1) is 8.36. The minimum absolute atomic E-state index is 0.174. The SMILES string of the molecule is CSc1ccc(C(C)NCC(C)(C)N(C)C)cc1. The van der Waals surface area contributed by atoms with Crippen LogP contribution in [-0.4, -0.2) is 37.3 Å². The molecule has 0 saturated heterocycles. The summed E-state index contributed by atoms with van der Waals surface area (Å²) in [6.45, 7) is 7.71. The lowest BCUT2D eigenvalue weighted by molar-refractivity contribution is 0.185. The molecule has 0 aromatic heterocycles. The second kappa shape index (κ2) is 6.60. The lowest BCUT2D eigenvalue weighted by Gasteiger charge is -2.34. The highest BCUT2D eigenvalue weighted by atomic mass is 32.2. The largest absolute Gasteiger partial charge is 0.308 e. The highest BCUT2D eigenvalue weighted by molar-refractivity contribution is 7.98. The van der Waals surface area contributed by atoms with Crippen LogP contribution in [0.15, 0.2) is 29.2 Å². The molecule has 0 aliphatic heterocycles. The number of hydrogen-bond donors (Lipinski definition) is 1. The van der Waals surface area contributed by atoms with Crippen molar-refractivity contribution in [2.45, 2.75) is 37.2 Å². The molecule has 0 bridgehead atoms. The van der Waals surface area contributed by atoms with Gasteiger partial charge in [-0.3, -0.25) is 0 Å². The third-order valence-corrected chi connectivity index (χ3v) is 4.41. The van der Waals surface area contributed by atoms with E-state index in [1.807, 2.05) is 0 Å². The van der Waals surface area contributed by atoms with Crippen LogP contribution in [0.3, 0.4) is 0 Å². The van der Waals surface area contributed by atoms with E-state index in [9.17, 15) is 0 Å². The highest BCUT2D eigenvalue weighted by Crippen LogP contribution is 2.19. The van der Waals surface area contributed by atoms with Gasteiger partial charge in [-0.05, 0) is 58.8 Å². The van der Waals surface area contributed by atoms with Gasteiger partial charge in [0.1, 0.15) is 0 Å². The van der Waals surface area contributed by atoms with Crippen LogP contribution >= 0.6 is 11.8 Å². The normalized spacial score (nSPS) is 13.9. The van der Waals surface area contributed by atoms with E-state index in [0.29, 0.717) is 6.04 Å². The van der Waals surface area contributed by atoms with Gasteiger partial charge in [0.15, 0.2) is 0 Å². The fourth-order valence-electron chi connectivity index (χ4n) is 1.57. The maximum atomic E-state index is 3.61. The van der Waals surface area contributed by atoms with Crippen LogP contribution in [-0.2, 0) is 0 Å². The van der Waals surface area contributed by atoms with Crippen LogP contribution in [0, 0.1) is 0 Å². The van der Waals surface area contributed by atoms with Gasteiger partial charge >= 0.3 is 0 Å². The van der Waals surface area contributed by atoms with Crippen molar-refractivity contribution in [3.05, 3.63) is 29.8 Å². The monoisotopic (exact) mass is 266 g/mol. The lowest BCUT2D eigenvalue weighted by atomic mass is 10.0. The number of rotatable bonds is 6. The molecule has 0 amide bonds. The van der Waals surface area contributed by atoms with Crippen molar-refractivity contribution in [1.82, 2.24) is 10.2 Å². The molecule has 1 aromatic carbocycles. The van der Waals surface area contributed by atoms with Gasteiger partial charge in [0.2, 0.25) is 0 Å². The summed E-state index contributed by atoms with van der Waals surface area (Å²) in [5, 5.41) is 3.61. The van der Waals surface area contributed by atoms with Crippen molar-refractivity contribution >= 4 is 11.8 Å². The van der Waals surface area contributed by atoms with Gasteiger partial charge in [0, 0.05) is 23.0 Å². The summed E-state index contributed by atoms with van der Waals surface area (Å²) in [6.07, 6.45) is 2.11. The molecule has 0 radical (unpaired) electrons. The molecule has 18 heavy (non-hydrogen) atoms. The second-order valence-corrected chi connectivity index (χ2v) is 6.46. The molecule has 2 nitrogen and oxygen atoms in total. The number of nitrogens with zero attached hydrogens (tertiary/aromatic N) is 1. The van der Waals surface area contributed by atoms with Crippen LogP contribution in [0.4, 0.5) is 0 Å². The first-order valence-electron chi connectivity index (χ1n) is 6.41. The maximum absolute atomic E-state index is 3.61. The molecule has 1 rings (SSSR count). The Morgan fingerprint density at radius 1 is 1.22 bits per heavy atom. The maximum Gasteiger partial charge on any atom is 0.0292 e. The fourth-order valence-corrected chi connectivity index (χ4v) is 1.98. The van der Waals surface area contributed by atoms with Crippen LogP contribution in [0.5, 0.6) is 0 Å². The second-order valence-electron chi connectivity index (χ2n) is 5.58. The quantitative estimate of drug-likeness (QED) is 0.795. The Morgan fingerprint density at radius 2 is 1.78 bits per heavy atom. The number of likely N-dealkylation sites (N-methyl/N-ethyl adjacent to an activating group) is 1. The first-order valence-corrected chi connectivity index (χ1v) is 7.64. The third-order valence-electron chi connectivity index (χ3n) is 3.67. The predicted molar refractivity (Wildman–Crippen MR) is 82.4 cm³/mol. The fraction of sp³-hybridized carbons (Fsp3) is 0.600. The highest BCUT2D eigenvalue weighted by Gasteiger charge is 2.20. The molecule has 0 heterocycles. The Morgan fingerprint density at radius 3 is 2.22 bits per heavy atom. The standard InChI is InChI=1S/C15H26N2S/c1-12(16-11-15(2,3)17(4)5)13-7-9-14(18-6)10-8-13/h7-10,12,16H,11H2,1-6H3. The molecule has 1 atom stereocenters. The molecule has 0 fully saturated rings. The van der Waals surface area contributed by atoms with Crippen molar-refractivity contribution in [3.63, 3.8) is 0 Å². The van der Waals surface area contributed by atoms with Gasteiger partial charge in [-0.15, -0.1) is 11.8 Å². The van der Waals surface area contributed by atoms with Crippen molar-refractivity contribution in [2.75, 3.05) is 26.9 Å². The summed E-state index contributed by atoms with van der Waals surface area (Å²) in [5.74, 6) is 0. The summed E-state index contributed by atoms with van der Waals surface area (Å²) in [5.41, 5.74) is 1.52. The van der Waals surface area contributed by atoms with Crippen LogP contribution < -0.4 is 5.32 Å². The summed E-state index contributed by atoms with van der Waals surface area (Å²) in [4.78, 5) is 3.57. The number of thioether (sulfide) groups is 1. The predicted octanol–water partition coefficient (Wildman–Crippen LogP) is 3.40. The zero-order valence-corrected chi connectivity index (χ0v) is 13.3. The van der Waals surface area contributed by atoms with Crippen molar-refractivity contribution in [2.24, 2.45) is 0 Å². The molecule has 1 aromatic rings. The van der Waals surface area contributed by atoms with Gasteiger partial charge in [-0.25, -0.2) is 0 Å². The van der Waals surface area contributed by atoms with E-state index in [1.54, 1.807) is 11.8 Å². The van der Waals surface area contributed by atoms with Gasteiger partial charge in [0.25, 0.3) is 0 Å². The molecule has 0 spiro atoms. The third kappa shape index (κ3) is 4.30. The Kier molecular flexibility index (Phi) is 5.70. The summed E-state index contributed by atoms with van der Waals surface area (Å²) in [7, 11) is 4.25. The molecular weight excluding hydrogens is 240 g/mol. The van der Waals surface area contributed by atoms with E-state index in [2.05, 4.69) is 75.6 Å². The summed E-state index contributed by atoms with van der Waals surface area (Å²) < 4.78 is 0. The van der Waals surface area contributed by atoms with E-state index in [1.165, 1.54) is 10.5 Å². The number of nitrogens with one attached hydrogen (secondary N) is 1. The van der Waals surface area contributed by atoms with Crippen molar-refractivity contribution < 1.29 is 0 Å². The molecular formula is C15H26N2S. The van der Waals surface area contributed by atoms with Gasteiger partial charge in [-0.1, -0.05) is 12.1 Å². The summed E-state index contributed by atoms with van der Waals surface area (Å²) >= 11 is 1.78. The topological polar surface area (TPSA) is 15.3 Å². The van der Waals surface area contributed by atoms with Crippen molar-refractivity contribution in [3.8, 4) is 0 Å². The first kappa shape index (κ1) is 15.5. The Bertz CT molecular complexity index is 357. The van der Waals surface area contributed by atoms with E-state index in [0.717, 1.165) is 6.54 Å². The minimum Gasteiger partial charge on any atom is -0.308 e. The molecule has 1 unspecified atom stereocenters. The molecule has 3 heteroatoms. The van der Waals surface area contributed by atoms with E-state index in [-0.39, 0.29) is 5.54 Å². The van der Waals surface area contributed by atoms with Gasteiger partial charge in [-0.2, -0.15) is 0 Å². The van der Waals surface area contributed by atoms with E-state index >= 15 is 0 Å².